The van der Waals surface area contributed by atoms with Crippen LogP contribution in [0.2, 0.25) is 0 Å². The monoisotopic (exact) mass is 494 g/mol. The minimum Gasteiger partial charge on any atom is -0.481 e. The third kappa shape index (κ3) is 4.13. The van der Waals surface area contributed by atoms with Gasteiger partial charge in [-0.3, -0.25) is 4.90 Å². The largest absolute Gasteiger partial charge is 0.481 e. The molecule has 7 rings (SSSR count). The first-order valence-electron chi connectivity index (χ1n) is 12.7. The Morgan fingerprint density at radius 3 is 2.59 bits per heavy atom. The first kappa shape index (κ1) is 23.3. The van der Waals surface area contributed by atoms with E-state index in [9.17, 15) is 5.26 Å². The second kappa shape index (κ2) is 9.37. The van der Waals surface area contributed by atoms with Gasteiger partial charge in [-0.25, -0.2) is 14.5 Å². The quantitative estimate of drug-likeness (QED) is 0.385. The van der Waals surface area contributed by atoms with Gasteiger partial charge in [-0.15, -0.1) is 0 Å². The number of hydrogen-bond donors (Lipinski definition) is 0. The van der Waals surface area contributed by atoms with Gasteiger partial charge in [-0.05, 0) is 37.1 Å². The van der Waals surface area contributed by atoms with Gasteiger partial charge in [0.1, 0.15) is 11.9 Å². The Kier molecular flexibility index (Phi) is 5.89. The highest BCUT2D eigenvalue weighted by Gasteiger charge is 2.44. The molecule has 0 aliphatic carbocycles. The molecular weight excluding hydrogens is 464 g/mol. The van der Waals surface area contributed by atoms with Gasteiger partial charge in [-0.1, -0.05) is 6.07 Å². The Hall–Kier alpha value is -4.16. The fourth-order valence-corrected chi connectivity index (χ4v) is 5.50. The lowest BCUT2D eigenvalue weighted by atomic mass is 9.87. The zero-order chi connectivity index (χ0) is 25.5. The summed E-state index contributed by atoms with van der Waals surface area (Å²) in [7, 11) is 3.69. The van der Waals surface area contributed by atoms with Crippen LogP contribution in [0.1, 0.15) is 24.5 Å². The van der Waals surface area contributed by atoms with Crippen molar-refractivity contribution in [2.75, 3.05) is 43.6 Å². The SMILES string of the molecule is CCN(C)c1cc(-c2ccc(N3CC4CC(C3)N4Cc3ccc(OC)nc3)nc2)c2c(C#N)cnn2c1. The molecule has 3 fully saturated rings. The summed E-state index contributed by atoms with van der Waals surface area (Å²) in [5, 5.41) is 14.1. The minimum atomic E-state index is 0.521. The van der Waals surface area contributed by atoms with Gasteiger partial charge in [0.05, 0.1) is 36.3 Å². The van der Waals surface area contributed by atoms with Crippen LogP contribution in [0.25, 0.3) is 16.6 Å². The van der Waals surface area contributed by atoms with Crippen molar-refractivity contribution in [3.05, 3.63) is 66.2 Å². The van der Waals surface area contributed by atoms with Crippen molar-refractivity contribution < 1.29 is 4.74 Å². The zero-order valence-corrected chi connectivity index (χ0v) is 21.4. The van der Waals surface area contributed by atoms with Crippen LogP contribution in [0, 0.1) is 11.3 Å². The van der Waals surface area contributed by atoms with E-state index in [2.05, 4.69) is 69.1 Å². The second-order valence-electron chi connectivity index (χ2n) is 9.82. The van der Waals surface area contributed by atoms with Crippen molar-refractivity contribution in [3.63, 3.8) is 0 Å². The van der Waals surface area contributed by atoms with Crippen LogP contribution in [-0.4, -0.2) is 70.4 Å². The van der Waals surface area contributed by atoms with Gasteiger partial charge in [0.15, 0.2) is 0 Å². The summed E-state index contributed by atoms with van der Waals surface area (Å²) in [6, 6.07) is 13.7. The number of hydrogen-bond acceptors (Lipinski definition) is 8. The Morgan fingerprint density at radius 2 is 1.95 bits per heavy atom. The number of rotatable bonds is 7. The average Bonchev–Trinajstić information content (AvgIpc) is 3.38. The summed E-state index contributed by atoms with van der Waals surface area (Å²) in [5.41, 5.74) is 5.58. The Morgan fingerprint density at radius 1 is 1.11 bits per heavy atom. The van der Waals surface area contributed by atoms with E-state index in [1.54, 1.807) is 17.8 Å². The number of nitrogens with zero attached hydrogens (tertiary/aromatic N) is 8. The number of ether oxygens (including phenoxy) is 1. The predicted octanol–water partition coefficient (Wildman–Crippen LogP) is 3.59. The molecule has 2 atom stereocenters. The average molecular weight is 495 g/mol. The molecule has 2 unspecified atom stereocenters. The van der Waals surface area contributed by atoms with E-state index in [4.69, 9.17) is 9.72 Å². The van der Waals surface area contributed by atoms with Crippen LogP contribution in [0.3, 0.4) is 0 Å². The van der Waals surface area contributed by atoms with Gasteiger partial charge < -0.3 is 14.5 Å². The lowest BCUT2D eigenvalue weighted by molar-refractivity contribution is -0.00876. The van der Waals surface area contributed by atoms with Crippen molar-refractivity contribution in [1.82, 2.24) is 24.5 Å². The fourth-order valence-electron chi connectivity index (χ4n) is 5.50. The number of nitriles is 1. The highest BCUT2D eigenvalue weighted by atomic mass is 16.5. The van der Waals surface area contributed by atoms with Crippen molar-refractivity contribution in [3.8, 4) is 23.1 Å². The molecule has 0 aromatic carbocycles. The standard InChI is InChI=1S/C28H30N8O/c1-4-33(2)22-10-25(28-21(11-29)14-32-36(28)18-22)20-6-7-26(30-13-20)34-16-23-9-24(17-34)35(23)15-19-5-8-27(37-3)31-12-19/h5-8,10,12-14,18,23-24H,4,9,15-17H2,1-3H3. The predicted molar refractivity (Wildman–Crippen MR) is 143 cm³/mol. The molecule has 0 spiro atoms. The van der Waals surface area contributed by atoms with Crippen LogP contribution in [-0.2, 0) is 6.54 Å². The van der Waals surface area contributed by atoms with Crippen LogP contribution < -0.4 is 14.5 Å². The van der Waals surface area contributed by atoms with E-state index in [1.165, 1.54) is 12.0 Å². The smallest absolute Gasteiger partial charge is 0.212 e. The highest BCUT2D eigenvalue weighted by molar-refractivity contribution is 5.86. The van der Waals surface area contributed by atoms with E-state index in [0.29, 0.717) is 23.5 Å². The summed E-state index contributed by atoms with van der Waals surface area (Å²) >= 11 is 0. The maximum atomic E-state index is 9.65. The summed E-state index contributed by atoms with van der Waals surface area (Å²) in [5.74, 6) is 1.64. The molecule has 0 saturated carbocycles. The first-order valence-corrected chi connectivity index (χ1v) is 12.7. The number of piperidine rings is 1. The van der Waals surface area contributed by atoms with Crippen molar-refractivity contribution in [2.45, 2.75) is 32.0 Å². The van der Waals surface area contributed by atoms with E-state index in [-0.39, 0.29) is 0 Å². The molecule has 9 heteroatoms. The molecule has 0 N–H and O–H groups in total. The molecule has 188 valence electrons. The Balaban J connectivity index is 1.21. The van der Waals surface area contributed by atoms with Gasteiger partial charge in [0.2, 0.25) is 5.88 Å². The number of piperazine rings is 1. The second-order valence-corrected chi connectivity index (χ2v) is 9.82. The van der Waals surface area contributed by atoms with Crippen LogP contribution in [0.4, 0.5) is 11.5 Å². The summed E-state index contributed by atoms with van der Waals surface area (Å²) < 4.78 is 6.98. The minimum absolute atomic E-state index is 0.521. The molecular formula is C28H30N8O. The van der Waals surface area contributed by atoms with E-state index < -0.39 is 0 Å². The molecule has 4 aromatic rings. The lowest BCUT2D eigenvalue weighted by Crippen LogP contribution is -2.68. The molecule has 7 heterocycles. The van der Waals surface area contributed by atoms with E-state index >= 15 is 0 Å². The Labute approximate surface area is 216 Å². The van der Waals surface area contributed by atoms with Crippen molar-refractivity contribution >= 4 is 17.0 Å². The lowest BCUT2D eigenvalue weighted by Gasteiger charge is -2.56. The zero-order valence-electron chi connectivity index (χ0n) is 21.4. The third-order valence-corrected chi connectivity index (χ3v) is 7.73. The molecule has 9 nitrogen and oxygen atoms in total. The van der Waals surface area contributed by atoms with Gasteiger partial charge >= 0.3 is 0 Å². The molecule has 2 bridgehead atoms. The number of fused-ring (bicyclic) bond motifs is 3. The van der Waals surface area contributed by atoms with Gasteiger partial charge in [0, 0.05) is 74.9 Å². The van der Waals surface area contributed by atoms with Crippen LogP contribution >= 0.6 is 0 Å². The first-order chi connectivity index (χ1) is 18.1. The molecule has 0 amide bonds. The maximum Gasteiger partial charge on any atom is 0.212 e. The molecule has 0 radical (unpaired) electrons. The molecule has 3 aliphatic rings. The Bertz CT molecular complexity index is 1440. The van der Waals surface area contributed by atoms with Crippen molar-refractivity contribution in [1.29, 1.82) is 5.26 Å². The fraction of sp³-hybridized carbons (Fsp3) is 0.357. The highest BCUT2D eigenvalue weighted by Crippen LogP contribution is 2.36. The topological polar surface area (TPSA) is 85.8 Å². The van der Waals surface area contributed by atoms with Gasteiger partial charge in [0.25, 0.3) is 0 Å². The van der Waals surface area contributed by atoms with E-state index in [0.717, 1.165) is 54.3 Å². The molecule has 3 saturated heterocycles. The van der Waals surface area contributed by atoms with Crippen LogP contribution in [0.5, 0.6) is 5.88 Å². The maximum absolute atomic E-state index is 9.65. The molecule has 4 aromatic heterocycles. The van der Waals surface area contributed by atoms with Crippen molar-refractivity contribution in [2.24, 2.45) is 0 Å². The number of anilines is 2. The molecule has 37 heavy (non-hydrogen) atoms. The summed E-state index contributed by atoms with van der Waals surface area (Å²) in [6.45, 7) is 5.83. The van der Waals surface area contributed by atoms with E-state index in [1.807, 2.05) is 24.7 Å². The number of methoxy groups -OCH3 is 1. The summed E-state index contributed by atoms with van der Waals surface area (Å²) in [6.07, 6.45) is 8.66. The number of aromatic nitrogens is 4. The third-order valence-electron chi connectivity index (χ3n) is 7.73. The van der Waals surface area contributed by atoms with Gasteiger partial charge in [-0.2, -0.15) is 10.4 Å². The normalized spacial score (nSPS) is 18.9. The summed E-state index contributed by atoms with van der Waals surface area (Å²) in [4.78, 5) is 16.3. The molecule has 3 aliphatic heterocycles. The van der Waals surface area contributed by atoms with Crippen LogP contribution in [0.15, 0.2) is 55.1 Å². The number of pyridine rings is 3.